The highest BCUT2D eigenvalue weighted by Crippen LogP contribution is 2.23. The molecule has 5 heteroatoms. The molecule has 0 atom stereocenters. The summed E-state index contributed by atoms with van der Waals surface area (Å²) in [5, 5.41) is 0. The van der Waals surface area contributed by atoms with Crippen molar-refractivity contribution in [3.63, 3.8) is 0 Å². The molecule has 0 aliphatic rings. The molecule has 0 unspecified atom stereocenters. The van der Waals surface area contributed by atoms with Crippen LogP contribution in [0.25, 0.3) is 0 Å². The maximum absolute atomic E-state index is 12.6. The van der Waals surface area contributed by atoms with Crippen molar-refractivity contribution in [2.24, 2.45) is 0 Å². The van der Waals surface area contributed by atoms with Crippen molar-refractivity contribution in [1.82, 2.24) is 0 Å². The molecule has 0 spiro atoms. The molecule has 0 aliphatic carbocycles. The van der Waals surface area contributed by atoms with Crippen molar-refractivity contribution >= 4 is 11.9 Å². The minimum absolute atomic E-state index is 0.228. The van der Waals surface area contributed by atoms with Crippen molar-refractivity contribution < 1.29 is 23.8 Å². The maximum Gasteiger partial charge on any atom is 0.343 e. The van der Waals surface area contributed by atoms with E-state index in [4.69, 9.17) is 14.2 Å². The molecule has 0 heterocycles. The minimum Gasteiger partial charge on any atom is -0.493 e. The van der Waals surface area contributed by atoms with E-state index in [1.165, 1.54) is 77.0 Å². The van der Waals surface area contributed by atoms with Crippen molar-refractivity contribution in [2.75, 3.05) is 6.61 Å². The van der Waals surface area contributed by atoms with Crippen LogP contribution in [0.2, 0.25) is 0 Å². The van der Waals surface area contributed by atoms with Gasteiger partial charge in [-0.15, -0.1) is 0 Å². The number of unbranched alkanes of at least 4 members (excludes halogenated alkanes) is 13. The third kappa shape index (κ3) is 14.2. The average molecular weight is 539 g/mol. The van der Waals surface area contributed by atoms with Crippen molar-refractivity contribution in [3.05, 3.63) is 53.6 Å². The lowest BCUT2D eigenvalue weighted by Gasteiger charge is -2.11. The molecular formula is C34H50O5. The van der Waals surface area contributed by atoms with Crippen molar-refractivity contribution in [2.45, 2.75) is 124 Å². The lowest BCUT2D eigenvalue weighted by atomic mass is 10.1. The lowest BCUT2D eigenvalue weighted by Crippen LogP contribution is -2.10. The van der Waals surface area contributed by atoms with Crippen LogP contribution in [0.1, 0.15) is 133 Å². The van der Waals surface area contributed by atoms with Crippen LogP contribution in [-0.4, -0.2) is 18.5 Å². The lowest BCUT2D eigenvalue weighted by molar-refractivity contribution is -0.134. The van der Waals surface area contributed by atoms with Crippen molar-refractivity contribution in [1.29, 1.82) is 0 Å². The molecule has 39 heavy (non-hydrogen) atoms. The van der Waals surface area contributed by atoms with Gasteiger partial charge in [0.15, 0.2) is 0 Å². The Balaban J connectivity index is 1.68. The Morgan fingerprint density at radius 3 is 1.69 bits per heavy atom. The number of ether oxygens (including phenoxy) is 3. The van der Waals surface area contributed by atoms with Crippen LogP contribution in [0, 0.1) is 6.92 Å². The fourth-order valence-corrected chi connectivity index (χ4v) is 4.51. The second-order valence-electron chi connectivity index (χ2n) is 10.5. The van der Waals surface area contributed by atoms with Crippen LogP contribution >= 0.6 is 0 Å². The van der Waals surface area contributed by atoms with Crippen LogP contribution < -0.4 is 14.2 Å². The molecule has 5 nitrogen and oxygen atoms in total. The molecule has 2 rings (SSSR count). The largest absolute Gasteiger partial charge is 0.493 e. The summed E-state index contributed by atoms with van der Waals surface area (Å²) < 4.78 is 16.9. The van der Waals surface area contributed by atoms with E-state index in [2.05, 4.69) is 13.8 Å². The Hall–Kier alpha value is -2.82. The molecule has 216 valence electrons. The zero-order chi connectivity index (χ0) is 28.1. The fraction of sp³-hybridized carbons (Fsp3) is 0.588. The fourth-order valence-electron chi connectivity index (χ4n) is 4.51. The number of aryl methyl sites for hydroxylation is 1. The number of hydrogen-bond acceptors (Lipinski definition) is 5. The van der Waals surface area contributed by atoms with E-state index >= 15 is 0 Å². The third-order valence-electron chi connectivity index (χ3n) is 6.92. The van der Waals surface area contributed by atoms with Gasteiger partial charge in [0.25, 0.3) is 0 Å². The van der Waals surface area contributed by atoms with Crippen LogP contribution in [0.4, 0.5) is 0 Å². The smallest absolute Gasteiger partial charge is 0.343 e. The number of esters is 2. The SMILES string of the molecule is CCCCCCCCCCOc1ccc(C(=O)Oc2ccc(OC(=O)CCCCCCCCC)cc2)cc1C. The normalized spacial score (nSPS) is 10.8. The highest BCUT2D eigenvalue weighted by Gasteiger charge is 2.12. The molecule has 0 amide bonds. The van der Waals surface area contributed by atoms with Gasteiger partial charge in [-0.25, -0.2) is 4.79 Å². The summed E-state index contributed by atoms with van der Waals surface area (Å²) in [6, 6.07) is 12.0. The summed E-state index contributed by atoms with van der Waals surface area (Å²) >= 11 is 0. The molecule has 0 fully saturated rings. The van der Waals surface area contributed by atoms with Crippen LogP contribution in [0.15, 0.2) is 42.5 Å². The summed E-state index contributed by atoms with van der Waals surface area (Å²) in [4.78, 5) is 24.7. The van der Waals surface area contributed by atoms with Crippen LogP contribution in [0.3, 0.4) is 0 Å². The van der Waals surface area contributed by atoms with E-state index < -0.39 is 5.97 Å². The van der Waals surface area contributed by atoms with Gasteiger partial charge in [-0.1, -0.05) is 97.3 Å². The van der Waals surface area contributed by atoms with Gasteiger partial charge in [0.05, 0.1) is 12.2 Å². The number of hydrogen-bond donors (Lipinski definition) is 0. The Morgan fingerprint density at radius 2 is 1.13 bits per heavy atom. The summed E-state index contributed by atoms with van der Waals surface area (Å²) in [5.74, 6) is 0.998. The van der Waals surface area contributed by atoms with E-state index in [0.717, 1.165) is 30.6 Å². The van der Waals surface area contributed by atoms with Crippen molar-refractivity contribution in [3.8, 4) is 17.2 Å². The molecule has 0 saturated carbocycles. The van der Waals surface area contributed by atoms with Crippen LogP contribution in [0.5, 0.6) is 17.2 Å². The zero-order valence-electron chi connectivity index (χ0n) is 24.6. The summed E-state index contributed by atoms with van der Waals surface area (Å²) in [7, 11) is 0. The van der Waals surface area contributed by atoms with E-state index in [-0.39, 0.29) is 5.97 Å². The molecule has 0 aromatic heterocycles. The summed E-state index contributed by atoms with van der Waals surface area (Å²) in [6.07, 6.45) is 18.6. The molecule has 0 radical (unpaired) electrons. The Labute approximate surface area is 236 Å². The molecule has 2 aromatic rings. The topological polar surface area (TPSA) is 61.8 Å². The highest BCUT2D eigenvalue weighted by atomic mass is 16.5. The van der Waals surface area contributed by atoms with Gasteiger partial charge < -0.3 is 14.2 Å². The van der Waals surface area contributed by atoms with Crippen LogP contribution in [-0.2, 0) is 4.79 Å². The van der Waals surface area contributed by atoms with Gasteiger partial charge in [-0.2, -0.15) is 0 Å². The minimum atomic E-state index is -0.434. The number of benzene rings is 2. The summed E-state index contributed by atoms with van der Waals surface area (Å²) in [5.41, 5.74) is 1.38. The molecular weight excluding hydrogens is 488 g/mol. The first kappa shape index (κ1) is 32.4. The van der Waals surface area contributed by atoms with E-state index in [1.54, 1.807) is 36.4 Å². The standard InChI is InChI=1S/C34H50O5/c1-4-6-8-10-12-14-16-18-26-37-32-25-20-29(27-28(32)3)34(36)39-31-23-21-30(22-24-31)38-33(35)19-17-15-13-11-9-7-5-2/h20-25,27H,4-19,26H2,1-3H3. The van der Waals surface area contributed by atoms with Gasteiger partial charge in [0.2, 0.25) is 0 Å². The van der Waals surface area contributed by atoms with E-state index in [1.807, 2.05) is 13.0 Å². The summed E-state index contributed by atoms with van der Waals surface area (Å²) in [6.45, 7) is 7.08. The number of carbonyl (C=O) groups excluding carboxylic acids is 2. The van der Waals surface area contributed by atoms with E-state index in [0.29, 0.717) is 30.1 Å². The van der Waals surface area contributed by atoms with E-state index in [9.17, 15) is 9.59 Å². The molecule has 0 N–H and O–H groups in total. The second-order valence-corrected chi connectivity index (χ2v) is 10.5. The first-order valence-corrected chi connectivity index (χ1v) is 15.3. The first-order chi connectivity index (χ1) is 19.0. The Bertz CT molecular complexity index is 951. The van der Waals surface area contributed by atoms with Gasteiger partial charge in [0.1, 0.15) is 17.2 Å². The van der Waals surface area contributed by atoms with Gasteiger partial charge in [-0.05, 0) is 67.8 Å². The molecule has 0 saturated heterocycles. The maximum atomic E-state index is 12.6. The highest BCUT2D eigenvalue weighted by molar-refractivity contribution is 5.91. The zero-order valence-corrected chi connectivity index (χ0v) is 24.6. The quantitative estimate of drug-likeness (QED) is 0.0899. The molecule has 0 bridgehead atoms. The second kappa shape index (κ2) is 20.1. The number of carbonyl (C=O) groups is 2. The Kier molecular flexibility index (Phi) is 16.7. The Morgan fingerprint density at radius 1 is 0.615 bits per heavy atom. The van der Waals surface area contributed by atoms with Gasteiger partial charge in [-0.3, -0.25) is 4.79 Å². The number of rotatable bonds is 21. The monoisotopic (exact) mass is 538 g/mol. The molecule has 0 aliphatic heterocycles. The third-order valence-corrected chi connectivity index (χ3v) is 6.92. The average Bonchev–Trinajstić information content (AvgIpc) is 2.93. The molecule has 2 aromatic carbocycles. The first-order valence-electron chi connectivity index (χ1n) is 15.3. The predicted octanol–water partition coefficient (Wildman–Crippen LogP) is 9.78. The predicted molar refractivity (Wildman–Crippen MR) is 159 cm³/mol. The van der Waals surface area contributed by atoms with Gasteiger partial charge in [0, 0.05) is 6.42 Å². The van der Waals surface area contributed by atoms with Gasteiger partial charge >= 0.3 is 11.9 Å².